The van der Waals surface area contributed by atoms with Crippen molar-refractivity contribution in [1.82, 2.24) is 0 Å². The fourth-order valence-electron chi connectivity index (χ4n) is 2.58. The third-order valence-corrected chi connectivity index (χ3v) is 5.06. The van der Waals surface area contributed by atoms with E-state index in [1.165, 1.54) is 0 Å². The molecular formula is C18H16ClN3OS. The second-order valence-electron chi connectivity index (χ2n) is 5.41. The monoisotopic (exact) mass is 357 g/mol. The van der Waals surface area contributed by atoms with E-state index in [1.54, 1.807) is 30.3 Å². The number of benzene rings is 2. The standard InChI is InChI=1S/C18H16ClN3OS/c19-16-11-15(4-5-17(16)22-6-8-24-9-7-22)21-18(23)14-3-1-2-13(10-14)12-20/h1-5,10-11H,6-9H2,(H,21,23). The fraction of sp³-hybridized carbons (Fsp3) is 0.222. The summed E-state index contributed by atoms with van der Waals surface area (Å²) in [5.74, 6) is 1.94. The van der Waals surface area contributed by atoms with Crippen LogP contribution in [0.2, 0.25) is 5.02 Å². The van der Waals surface area contributed by atoms with E-state index in [-0.39, 0.29) is 5.91 Å². The SMILES string of the molecule is N#Cc1cccc(C(=O)Nc2ccc(N3CCSCC3)c(Cl)c2)c1. The van der Waals surface area contributed by atoms with Crippen LogP contribution in [0.4, 0.5) is 11.4 Å². The molecule has 0 aromatic heterocycles. The quantitative estimate of drug-likeness (QED) is 0.901. The molecule has 1 heterocycles. The van der Waals surface area contributed by atoms with E-state index in [0.717, 1.165) is 30.3 Å². The number of rotatable bonds is 3. The molecule has 1 aliphatic rings. The van der Waals surface area contributed by atoms with Crippen molar-refractivity contribution in [2.24, 2.45) is 0 Å². The first-order valence-corrected chi connectivity index (χ1v) is 9.14. The molecule has 1 amide bonds. The Morgan fingerprint density at radius 1 is 1.21 bits per heavy atom. The first kappa shape index (κ1) is 16.7. The van der Waals surface area contributed by atoms with Crippen LogP contribution >= 0.6 is 23.4 Å². The molecule has 2 aromatic carbocycles. The molecule has 2 aromatic rings. The van der Waals surface area contributed by atoms with Crippen molar-refractivity contribution in [3.05, 3.63) is 58.6 Å². The zero-order chi connectivity index (χ0) is 16.9. The van der Waals surface area contributed by atoms with Crippen molar-refractivity contribution in [3.8, 4) is 6.07 Å². The van der Waals surface area contributed by atoms with Crippen molar-refractivity contribution in [2.75, 3.05) is 34.8 Å². The molecule has 6 heteroatoms. The van der Waals surface area contributed by atoms with E-state index >= 15 is 0 Å². The maximum absolute atomic E-state index is 12.3. The molecule has 3 rings (SSSR count). The van der Waals surface area contributed by atoms with Gasteiger partial charge in [0.1, 0.15) is 0 Å². The van der Waals surface area contributed by atoms with Crippen molar-refractivity contribution < 1.29 is 4.79 Å². The maximum Gasteiger partial charge on any atom is 0.255 e. The highest BCUT2D eigenvalue weighted by Gasteiger charge is 2.15. The summed E-state index contributed by atoms with van der Waals surface area (Å²) in [6.07, 6.45) is 0. The summed E-state index contributed by atoms with van der Waals surface area (Å²) in [6.45, 7) is 1.97. The van der Waals surface area contributed by atoms with Gasteiger partial charge in [-0.25, -0.2) is 0 Å². The number of hydrogen-bond acceptors (Lipinski definition) is 4. The molecule has 122 valence electrons. The van der Waals surface area contributed by atoms with E-state index in [0.29, 0.717) is 21.8 Å². The Bertz CT molecular complexity index is 797. The largest absolute Gasteiger partial charge is 0.369 e. The van der Waals surface area contributed by atoms with Gasteiger partial charge in [-0.1, -0.05) is 17.7 Å². The topological polar surface area (TPSA) is 56.1 Å². The Kier molecular flexibility index (Phi) is 5.29. The predicted molar refractivity (Wildman–Crippen MR) is 100 cm³/mol. The summed E-state index contributed by atoms with van der Waals surface area (Å²) >= 11 is 8.34. The minimum absolute atomic E-state index is 0.259. The van der Waals surface area contributed by atoms with Gasteiger partial charge in [0, 0.05) is 35.8 Å². The van der Waals surface area contributed by atoms with Crippen molar-refractivity contribution in [1.29, 1.82) is 5.26 Å². The molecule has 0 bridgehead atoms. The lowest BCUT2D eigenvalue weighted by Gasteiger charge is -2.29. The third kappa shape index (κ3) is 3.84. The normalized spacial score (nSPS) is 14.1. The van der Waals surface area contributed by atoms with Gasteiger partial charge in [-0.2, -0.15) is 17.0 Å². The molecule has 1 fully saturated rings. The van der Waals surface area contributed by atoms with E-state index < -0.39 is 0 Å². The molecule has 0 saturated carbocycles. The first-order chi connectivity index (χ1) is 11.7. The predicted octanol–water partition coefficient (Wildman–Crippen LogP) is 4.02. The summed E-state index contributed by atoms with van der Waals surface area (Å²) in [7, 11) is 0. The fourth-order valence-corrected chi connectivity index (χ4v) is 3.78. The maximum atomic E-state index is 12.3. The summed E-state index contributed by atoms with van der Waals surface area (Å²) in [4.78, 5) is 14.6. The van der Waals surface area contributed by atoms with Crippen LogP contribution < -0.4 is 10.2 Å². The van der Waals surface area contributed by atoms with Gasteiger partial charge in [0.05, 0.1) is 22.3 Å². The van der Waals surface area contributed by atoms with Crippen LogP contribution in [0.1, 0.15) is 15.9 Å². The lowest BCUT2D eigenvalue weighted by Crippen LogP contribution is -2.32. The molecule has 1 saturated heterocycles. The summed E-state index contributed by atoms with van der Waals surface area (Å²) < 4.78 is 0. The zero-order valence-electron chi connectivity index (χ0n) is 13.0. The summed E-state index contributed by atoms with van der Waals surface area (Å²) in [6, 6.07) is 14.2. The van der Waals surface area contributed by atoms with Crippen molar-refractivity contribution >= 4 is 40.6 Å². The van der Waals surface area contributed by atoms with Crippen molar-refractivity contribution in [2.45, 2.75) is 0 Å². The van der Waals surface area contributed by atoms with Gasteiger partial charge in [-0.15, -0.1) is 0 Å². The highest BCUT2D eigenvalue weighted by Crippen LogP contribution is 2.30. The first-order valence-electron chi connectivity index (χ1n) is 7.61. The van der Waals surface area contributed by atoms with Gasteiger partial charge >= 0.3 is 0 Å². The average Bonchev–Trinajstić information content (AvgIpc) is 2.62. The number of nitriles is 1. The number of thioether (sulfide) groups is 1. The van der Waals surface area contributed by atoms with Crippen LogP contribution in [-0.2, 0) is 0 Å². The van der Waals surface area contributed by atoms with Crippen LogP contribution in [0.15, 0.2) is 42.5 Å². The Labute approximate surface area is 150 Å². The van der Waals surface area contributed by atoms with Crippen LogP contribution in [-0.4, -0.2) is 30.5 Å². The lowest BCUT2D eigenvalue weighted by atomic mass is 10.1. The Morgan fingerprint density at radius 3 is 2.71 bits per heavy atom. The average molecular weight is 358 g/mol. The highest BCUT2D eigenvalue weighted by atomic mass is 35.5. The lowest BCUT2D eigenvalue weighted by molar-refractivity contribution is 0.102. The number of carbonyl (C=O) groups excluding carboxylic acids is 1. The smallest absolute Gasteiger partial charge is 0.255 e. The second-order valence-corrected chi connectivity index (χ2v) is 7.04. The molecule has 0 spiro atoms. The Balaban J connectivity index is 1.74. The number of nitrogens with zero attached hydrogens (tertiary/aromatic N) is 2. The van der Waals surface area contributed by atoms with Crippen LogP contribution in [0, 0.1) is 11.3 Å². The van der Waals surface area contributed by atoms with Gasteiger partial charge < -0.3 is 10.2 Å². The number of anilines is 2. The molecular weight excluding hydrogens is 342 g/mol. The zero-order valence-corrected chi connectivity index (χ0v) is 14.5. The minimum atomic E-state index is -0.259. The van der Waals surface area contributed by atoms with Crippen LogP contribution in [0.3, 0.4) is 0 Å². The Morgan fingerprint density at radius 2 is 2.00 bits per heavy atom. The summed E-state index contributed by atoms with van der Waals surface area (Å²) in [5, 5.41) is 12.4. The highest BCUT2D eigenvalue weighted by molar-refractivity contribution is 7.99. The van der Waals surface area contributed by atoms with E-state index in [2.05, 4.69) is 10.2 Å². The molecule has 1 N–H and O–H groups in total. The second kappa shape index (κ2) is 7.61. The van der Waals surface area contributed by atoms with E-state index in [4.69, 9.17) is 16.9 Å². The number of amides is 1. The number of hydrogen-bond donors (Lipinski definition) is 1. The number of carbonyl (C=O) groups is 1. The molecule has 24 heavy (non-hydrogen) atoms. The molecule has 4 nitrogen and oxygen atoms in total. The van der Waals surface area contributed by atoms with Gasteiger partial charge in [-0.3, -0.25) is 4.79 Å². The summed E-state index contributed by atoms with van der Waals surface area (Å²) in [5.41, 5.74) is 2.55. The molecule has 0 atom stereocenters. The van der Waals surface area contributed by atoms with Crippen LogP contribution in [0.5, 0.6) is 0 Å². The van der Waals surface area contributed by atoms with Gasteiger partial charge in [0.15, 0.2) is 0 Å². The van der Waals surface area contributed by atoms with Gasteiger partial charge in [-0.05, 0) is 36.4 Å². The van der Waals surface area contributed by atoms with Gasteiger partial charge in [0.2, 0.25) is 0 Å². The minimum Gasteiger partial charge on any atom is -0.369 e. The number of nitrogens with one attached hydrogen (secondary N) is 1. The molecule has 0 aliphatic carbocycles. The molecule has 0 radical (unpaired) electrons. The van der Waals surface area contributed by atoms with E-state index in [9.17, 15) is 4.79 Å². The van der Waals surface area contributed by atoms with Gasteiger partial charge in [0.25, 0.3) is 5.91 Å². The van der Waals surface area contributed by atoms with E-state index in [1.807, 2.05) is 30.0 Å². The Hall–Kier alpha value is -2.16. The molecule has 0 unspecified atom stereocenters. The van der Waals surface area contributed by atoms with Crippen molar-refractivity contribution in [3.63, 3.8) is 0 Å². The van der Waals surface area contributed by atoms with Crippen LogP contribution in [0.25, 0.3) is 0 Å². The molecule has 1 aliphatic heterocycles. The number of halogens is 1. The third-order valence-electron chi connectivity index (χ3n) is 3.81.